The lowest BCUT2D eigenvalue weighted by atomic mass is 10.2. The number of likely N-dealkylation sites (tertiary alicyclic amines) is 1. The van der Waals surface area contributed by atoms with Gasteiger partial charge < -0.3 is 10.0 Å². The third kappa shape index (κ3) is 2.26. The minimum atomic E-state index is -4.67. The summed E-state index contributed by atoms with van der Waals surface area (Å²) in [5, 5.41) is 8.24. The van der Waals surface area contributed by atoms with Crippen molar-refractivity contribution in [1.82, 2.24) is 4.90 Å². The first-order valence-corrected chi connectivity index (χ1v) is 3.11. The van der Waals surface area contributed by atoms with Gasteiger partial charge in [-0.2, -0.15) is 0 Å². The third-order valence-electron chi connectivity index (χ3n) is 1.42. The molecule has 1 aliphatic heterocycles. The number of carbonyl (C=O) groups is 1. The number of hydrogen-bond donors (Lipinski definition) is 1. The van der Waals surface area contributed by atoms with Crippen molar-refractivity contribution < 1.29 is 27.8 Å². The highest BCUT2D eigenvalue weighted by molar-refractivity contribution is 5.66. The highest BCUT2D eigenvalue weighted by Crippen LogP contribution is 2.23. The van der Waals surface area contributed by atoms with Gasteiger partial charge in [-0.25, -0.2) is 4.79 Å². The van der Waals surface area contributed by atoms with E-state index in [1.807, 2.05) is 0 Å². The first-order valence-electron chi connectivity index (χ1n) is 3.11. The van der Waals surface area contributed by atoms with Crippen molar-refractivity contribution in [1.29, 1.82) is 0 Å². The lowest BCUT2D eigenvalue weighted by Crippen LogP contribution is -2.55. The van der Waals surface area contributed by atoms with Crippen molar-refractivity contribution in [2.45, 2.75) is 12.5 Å². The molecular formula is C5H6F3NO3. The van der Waals surface area contributed by atoms with E-state index in [4.69, 9.17) is 5.11 Å². The van der Waals surface area contributed by atoms with Gasteiger partial charge >= 0.3 is 12.5 Å². The van der Waals surface area contributed by atoms with Crippen molar-refractivity contribution >= 4 is 6.09 Å². The molecule has 70 valence electrons. The minimum Gasteiger partial charge on any atom is -0.465 e. The van der Waals surface area contributed by atoms with Crippen LogP contribution in [0.2, 0.25) is 0 Å². The van der Waals surface area contributed by atoms with Gasteiger partial charge in [0.1, 0.15) is 6.10 Å². The maximum atomic E-state index is 11.5. The van der Waals surface area contributed by atoms with E-state index < -0.39 is 18.6 Å². The topological polar surface area (TPSA) is 49.8 Å². The van der Waals surface area contributed by atoms with E-state index in [1.54, 1.807) is 0 Å². The summed E-state index contributed by atoms with van der Waals surface area (Å²) in [5.74, 6) is 0. The zero-order valence-corrected chi connectivity index (χ0v) is 5.84. The SMILES string of the molecule is O=C(O)N1CC(OC(F)(F)F)C1. The average Bonchev–Trinajstić information content (AvgIpc) is 1.74. The molecule has 1 N–H and O–H groups in total. The van der Waals surface area contributed by atoms with Crippen LogP contribution >= 0.6 is 0 Å². The van der Waals surface area contributed by atoms with E-state index in [0.29, 0.717) is 0 Å². The largest absolute Gasteiger partial charge is 0.522 e. The standard InChI is InChI=1S/C5H6F3NO3/c6-5(7,8)12-3-1-9(2-3)4(10)11/h3H,1-2H2,(H,10,11). The minimum absolute atomic E-state index is 0.213. The highest BCUT2D eigenvalue weighted by atomic mass is 19.4. The van der Waals surface area contributed by atoms with Crippen molar-refractivity contribution in [2.24, 2.45) is 0 Å². The zero-order chi connectivity index (χ0) is 9.35. The van der Waals surface area contributed by atoms with Crippen LogP contribution in [0.3, 0.4) is 0 Å². The van der Waals surface area contributed by atoms with Crippen molar-refractivity contribution in [3.05, 3.63) is 0 Å². The summed E-state index contributed by atoms with van der Waals surface area (Å²) < 4.78 is 37.9. The number of hydrogen-bond acceptors (Lipinski definition) is 2. The second kappa shape index (κ2) is 2.81. The van der Waals surface area contributed by atoms with Crippen molar-refractivity contribution in [3.8, 4) is 0 Å². The number of amides is 1. The van der Waals surface area contributed by atoms with E-state index in [0.717, 1.165) is 4.90 Å². The first kappa shape index (κ1) is 9.11. The van der Waals surface area contributed by atoms with Crippen LogP contribution in [0.1, 0.15) is 0 Å². The molecule has 0 aromatic carbocycles. The van der Waals surface area contributed by atoms with E-state index in [-0.39, 0.29) is 13.1 Å². The molecule has 0 saturated carbocycles. The molecule has 0 unspecified atom stereocenters. The van der Waals surface area contributed by atoms with Gasteiger partial charge in [-0.3, -0.25) is 4.74 Å². The fraction of sp³-hybridized carbons (Fsp3) is 0.800. The monoisotopic (exact) mass is 185 g/mol. The van der Waals surface area contributed by atoms with Gasteiger partial charge in [0.05, 0.1) is 13.1 Å². The maximum absolute atomic E-state index is 11.5. The van der Waals surface area contributed by atoms with Crippen LogP contribution in [0.15, 0.2) is 0 Å². The van der Waals surface area contributed by atoms with E-state index in [2.05, 4.69) is 4.74 Å². The summed E-state index contributed by atoms with van der Waals surface area (Å²) in [7, 11) is 0. The normalized spacial score (nSPS) is 19.1. The Bertz CT molecular complexity index is 187. The lowest BCUT2D eigenvalue weighted by Gasteiger charge is -2.36. The summed E-state index contributed by atoms with van der Waals surface area (Å²) in [6.45, 7) is -0.427. The molecule has 1 rings (SSSR count). The third-order valence-corrected chi connectivity index (χ3v) is 1.42. The molecule has 0 aliphatic carbocycles. The van der Waals surface area contributed by atoms with Crippen LogP contribution < -0.4 is 0 Å². The molecule has 7 heteroatoms. The number of rotatable bonds is 1. The Labute approximate surface area is 65.5 Å². The van der Waals surface area contributed by atoms with Crippen LogP contribution in [0, 0.1) is 0 Å². The molecule has 12 heavy (non-hydrogen) atoms. The molecule has 1 aliphatic rings. The summed E-state index contributed by atoms with van der Waals surface area (Å²) >= 11 is 0. The van der Waals surface area contributed by atoms with Crippen LogP contribution in [0.4, 0.5) is 18.0 Å². The summed E-state index contributed by atoms with van der Waals surface area (Å²) in [5.41, 5.74) is 0. The quantitative estimate of drug-likeness (QED) is 0.659. The lowest BCUT2D eigenvalue weighted by molar-refractivity contribution is -0.352. The molecule has 1 fully saturated rings. The van der Waals surface area contributed by atoms with Gasteiger partial charge in [-0.1, -0.05) is 0 Å². The Morgan fingerprint density at radius 3 is 2.33 bits per heavy atom. The predicted molar refractivity (Wildman–Crippen MR) is 30.5 cm³/mol. The van der Waals surface area contributed by atoms with Gasteiger partial charge in [0, 0.05) is 0 Å². The van der Waals surface area contributed by atoms with Crippen LogP contribution in [-0.2, 0) is 4.74 Å². The zero-order valence-electron chi connectivity index (χ0n) is 5.84. The molecule has 1 heterocycles. The number of ether oxygens (including phenoxy) is 1. The Balaban J connectivity index is 2.22. The van der Waals surface area contributed by atoms with Gasteiger partial charge in [-0.05, 0) is 0 Å². The Morgan fingerprint density at radius 2 is 2.00 bits per heavy atom. The van der Waals surface area contributed by atoms with Gasteiger partial charge in [0.15, 0.2) is 0 Å². The van der Waals surface area contributed by atoms with Crippen molar-refractivity contribution in [2.75, 3.05) is 13.1 Å². The van der Waals surface area contributed by atoms with Crippen LogP contribution in [0.25, 0.3) is 0 Å². The number of halogens is 3. The predicted octanol–water partition coefficient (Wildman–Crippen LogP) is 0.885. The molecule has 0 spiro atoms. The number of carboxylic acid groups (broad SMARTS) is 1. The van der Waals surface area contributed by atoms with E-state index in [1.165, 1.54) is 0 Å². The fourth-order valence-corrected chi connectivity index (χ4v) is 0.858. The van der Waals surface area contributed by atoms with Gasteiger partial charge in [0.25, 0.3) is 0 Å². The second-order valence-corrected chi connectivity index (χ2v) is 2.37. The second-order valence-electron chi connectivity index (χ2n) is 2.37. The van der Waals surface area contributed by atoms with Crippen molar-refractivity contribution in [3.63, 3.8) is 0 Å². The average molecular weight is 185 g/mol. The highest BCUT2D eigenvalue weighted by Gasteiger charge is 2.40. The van der Waals surface area contributed by atoms with E-state index >= 15 is 0 Å². The molecule has 0 atom stereocenters. The van der Waals surface area contributed by atoms with Gasteiger partial charge in [0.2, 0.25) is 0 Å². The molecule has 0 aromatic heterocycles. The molecule has 0 bridgehead atoms. The smallest absolute Gasteiger partial charge is 0.465 e. The molecular weight excluding hydrogens is 179 g/mol. The molecule has 1 amide bonds. The Hall–Kier alpha value is -0.980. The Morgan fingerprint density at radius 1 is 1.50 bits per heavy atom. The molecule has 1 saturated heterocycles. The molecule has 4 nitrogen and oxygen atoms in total. The first-order chi connectivity index (χ1) is 5.38. The molecule has 0 radical (unpaired) electrons. The summed E-state index contributed by atoms with van der Waals surface area (Å²) in [6, 6.07) is 0. The maximum Gasteiger partial charge on any atom is 0.522 e. The van der Waals surface area contributed by atoms with Crippen LogP contribution in [0.5, 0.6) is 0 Å². The Kier molecular flexibility index (Phi) is 2.14. The van der Waals surface area contributed by atoms with E-state index in [9.17, 15) is 18.0 Å². The van der Waals surface area contributed by atoms with Gasteiger partial charge in [-0.15, -0.1) is 13.2 Å². The number of alkyl halides is 3. The number of nitrogens with zero attached hydrogens (tertiary/aromatic N) is 1. The summed E-state index contributed by atoms with van der Waals surface area (Å²) in [4.78, 5) is 10.9. The summed E-state index contributed by atoms with van der Waals surface area (Å²) in [6.07, 6.45) is -6.94. The fourth-order valence-electron chi connectivity index (χ4n) is 0.858. The van der Waals surface area contributed by atoms with Crippen LogP contribution in [-0.4, -0.2) is 41.7 Å². The molecule has 0 aromatic rings.